The van der Waals surface area contributed by atoms with Gasteiger partial charge in [0, 0.05) is 31.5 Å². The van der Waals surface area contributed by atoms with Gasteiger partial charge in [0.15, 0.2) is 0 Å². The number of benzene rings is 1. The van der Waals surface area contributed by atoms with Crippen molar-refractivity contribution in [2.24, 2.45) is 0 Å². The maximum atomic E-state index is 12.3. The van der Waals surface area contributed by atoms with E-state index >= 15 is 0 Å². The van der Waals surface area contributed by atoms with Crippen LogP contribution in [0.3, 0.4) is 0 Å². The van der Waals surface area contributed by atoms with Gasteiger partial charge in [-0.2, -0.15) is 0 Å². The monoisotopic (exact) mass is 246 g/mol. The maximum absolute atomic E-state index is 12.3. The number of hydrogen-bond acceptors (Lipinski definition) is 3. The number of nitrogens with one attached hydrogen (secondary N) is 2. The maximum Gasteiger partial charge on any atom is 0.229 e. The third kappa shape index (κ3) is 2.20. The van der Waals surface area contributed by atoms with Crippen molar-refractivity contribution in [1.29, 1.82) is 0 Å². The van der Waals surface area contributed by atoms with E-state index in [9.17, 15) is 4.79 Å². The molecule has 2 aliphatic rings. The SMILES string of the molecule is O=C(NC1CCOCC1)C1CNc2ccccc21. The lowest BCUT2D eigenvalue weighted by Crippen LogP contribution is -2.41. The summed E-state index contributed by atoms with van der Waals surface area (Å²) in [6, 6.07) is 8.31. The smallest absolute Gasteiger partial charge is 0.229 e. The topological polar surface area (TPSA) is 50.4 Å². The number of fused-ring (bicyclic) bond motifs is 1. The predicted molar refractivity (Wildman–Crippen MR) is 69.7 cm³/mol. The first-order chi connectivity index (χ1) is 8.84. The molecular weight excluding hydrogens is 228 g/mol. The van der Waals surface area contributed by atoms with Crippen LogP contribution in [0.1, 0.15) is 24.3 Å². The van der Waals surface area contributed by atoms with Gasteiger partial charge in [-0.1, -0.05) is 18.2 Å². The van der Waals surface area contributed by atoms with Gasteiger partial charge < -0.3 is 15.4 Å². The van der Waals surface area contributed by atoms with E-state index in [-0.39, 0.29) is 17.9 Å². The van der Waals surface area contributed by atoms with Gasteiger partial charge in [0.2, 0.25) is 5.91 Å². The molecule has 0 aliphatic carbocycles. The van der Waals surface area contributed by atoms with E-state index in [1.165, 1.54) is 0 Å². The second-order valence-electron chi connectivity index (χ2n) is 4.92. The number of para-hydroxylation sites is 1. The summed E-state index contributed by atoms with van der Waals surface area (Å²) in [5.74, 6) is 0.0865. The lowest BCUT2D eigenvalue weighted by atomic mass is 9.99. The van der Waals surface area contributed by atoms with Crippen molar-refractivity contribution >= 4 is 11.6 Å². The molecule has 1 fully saturated rings. The van der Waals surface area contributed by atoms with E-state index < -0.39 is 0 Å². The molecule has 4 nitrogen and oxygen atoms in total. The normalized spacial score (nSPS) is 23.2. The molecule has 2 N–H and O–H groups in total. The Bertz CT molecular complexity index is 441. The van der Waals surface area contributed by atoms with Crippen LogP contribution in [-0.2, 0) is 9.53 Å². The number of carbonyl (C=O) groups is 1. The molecule has 0 bridgehead atoms. The van der Waals surface area contributed by atoms with Crippen molar-refractivity contribution in [3.05, 3.63) is 29.8 Å². The average Bonchev–Trinajstić information content (AvgIpc) is 2.84. The van der Waals surface area contributed by atoms with Crippen LogP contribution in [0.4, 0.5) is 5.69 Å². The zero-order chi connectivity index (χ0) is 12.4. The van der Waals surface area contributed by atoms with Crippen molar-refractivity contribution in [1.82, 2.24) is 5.32 Å². The summed E-state index contributed by atoms with van der Waals surface area (Å²) in [7, 11) is 0. The summed E-state index contributed by atoms with van der Waals surface area (Å²) in [5.41, 5.74) is 2.20. The number of rotatable bonds is 2. The second kappa shape index (κ2) is 4.98. The Labute approximate surface area is 107 Å². The molecule has 1 aromatic carbocycles. The zero-order valence-corrected chi connectivity index (χ0v) is 10.3. The van der Waals surface area contributed by atoms with Crippen LogP contribution in [0, 0.1) is 0 Å². The summed E-state index contributed by atoms with van der Waals surface area (Å²) in [6.07, 6.45) is 1.85. The molecule has 18 heavy (non-hydrogen) atoms. The Morgan fingerprint density at radius 1 is 1.28 bits per heavy atom. The van der Waals surface area contributed by atoms with Gasteiger partial charge >= 0.3 is 0 Å². The fourth-order valence-corrected chi connectivity index (χ4v) is 2.66. The molecule has 4 heteroatoms. The Morgan fingerprint density at radius 2 is 2.06 bits per heavy atom. The van der Waals surface area contributed by atoms with Gasteiger partial charge in [-0.05, 0) is 24.5 Å². The molecule has 3 rings (SSSR count). The van der Waals surface area contributed by atoms with E-state index in [2.05, 4.69) is 10.6 Å². The quantitative estimate of drug-likeness (QED) is 0.831. The van der Waals surface area contributed by atoms with Crippen LogP contribution in [0.2, 0.25) is 0 Å². The largest absolute Gasteiger partial charge is 0.384 e. The van der Waals surface area contributed by atoms with Crippen molar-refractivity contribution < 1.29 is 9.53 Å². The van der Waals surface area contributed by atoms with Crippen LogP contribution in [-0.4, -0.2) is 31.7 Å². The molecular formula is C14H18N2O2. The molecule has 0 aromatic heterocycles. The van der Waals surface area contributed by atoms with E-state index in [0.29, 0.717) is 6.54 Å². The van der Waals surface area contributed by atoms with Crippen LogP contribution >= 0.6 is 0 Å². The fraction of sp³-hybridized carbons (Fsp3) is 0.500. The van der Waals surface area contributed by atoms with E-state index in [1.807, 2.05) is 24.3 Å². The fourth-order valence-electron chi connectivity index (χ4n) is 2.66. The summed E-state index contributed by atoms with van der Waals surface area (Å²) in [6.45, 7) is 2.21. The number of hydrogen-bond donors (Lipinski definition) is 2. The van der Waals surface area contributed by atoms with Crippen molar-refractivity contribution in [2.75, 3.05) is 25.1 Å². The number of carbonyl (C=O) groups excluding carboxylic acids is 1. The van der Waals surface area contributed by atoms with Gasteiger partial charge in [0.05, 0.1) is 5.92 Å². The molecule has 1 atom stereocenters. The highest BCUT2D eigenvalue weighted by molar-refractivity contribution is 5.88. The Hall–Kier alpha value is -1.55. The molecule has 2 heterocycles. The first kappa shape index (κ1) is 11.5. The van der Waals surface area contributed by atoms with E-state index in [0.717, 1.165) is 37.3 Å². The highest BCUT2D eigenvalue weighted by Crippen LogP contribution is 2.31. The molecule has 96 valence electrons. The third-order valence-electron chi connectivity index (χ3n) is 3.72. The molecule has 2 aliphatic heterocycles. The highest BCUT2D eigenvalue weighted by atomic mass is 16.5. The molecule has 0 saturated carbocycles. The zero-order valence-electron chi connectivity index (χ0n) is 10.3. The molecule has 1 aromatic rings. The van der Waals surface area contributed by atoms with Crippen LogP contribution in [0.15, 0.2) is 24.3 Å². The molecule has 0 radical (unpaired) electrons. The molecule has 0 spiro atoms. The lowest BCUT2D eigenvalue weighted by molar-refractivity contribution is -0.123. The molecule has 1 amide bonds. The Kier molecular flexibility index (Phi) is 3.19. The van der Waals surface area contributed by atoms with Gasteiger partial charge in [0.1, 0.15) is 0 Å². The minimum Gasteiger partial charge on any atom is -0.384 e. The summed E-state index contributed by atoms with van der Waals surface area (Å²) in [5, 5.41) is 6.43. The Balaban J connectivity index is 1.67. The summed E-state index contributed by atoms with van der Waals surface area (Å²) in [4.78, 5) is 12.3. The van der Waals surface area contributed by atoms with Gasteiger partial charge in [-0.25, -0.2) is 0 Å². The van der Waals surface area contributed by atoms with Crippen LogP contribution in [0.5, 0.6) is 0 Å². The number of ether oxygens (including phenoxy) is 1. The molecule has 1 saturated heterocycles. The van der Waals surface area contributed by atoms with Gasteiger partial charge in [-0.15, -0.1) is 0 Å². The van der Waals surface area contributed by atoms with E-state index in [4.69, 9.17) is 4.74 Å². The third-order valence-corrected chi connectivity index (χ3v) is 3.72. The minimum atomic E-state index is -0.0518. The number of anilines is 1. The summed E-state index contributed by atoms with van der Waals surface area (Å²) >= 11 is 0. The minimum absolute atomic E-state index is 0.0518. The highest BCUT2D eigenvalue weighted by Gasteiger charge is 2.29. The predicted octanol–water partition coefficient (Wildman–Crippen LogP) is 1.49. The average molecular weight is 246 g/mol. The number of amides is 1. The van der Waals surface area contributed by atoms with Crippen molar-refractivity contribution in [2.45, 2.75) is 24.8 Å². The van der Waals surface area contributed by atoms with Gasteiger partial charge in [-0.3, -0.25) is 4.79 Å². The first-order valence-electron chi connectivity index (χ1n) is 6.55. The summed E-state index contributed by atoms with van der Waals surface area (Å²) < 4.78 is 5.30. The van der Waals surface area contributed by atoms with E-state index in [1.54, 1.807) is 0 Å². The van der Waals surface area contributed by atoms with Gasteiger partial charge in [0.25, 0.3) is 0 Å². The second-order valence-corrected chi connectivity index (χ2v) is 4.92. The van der Waals surface area contributed by atoms with Crippen LogP contribution in [0.25, 0.3) is 0 Å². The van der Waals surface area contributed by atoms with Crippen LogP contribution < -0.4 is 10.6 Å². The van der Waals surface area contributed by atoms with Crippen molar-refractivity contribution in [3.8, 4) is 0 Å². The Morgan fingerprint density at radius 3 is 2.89 bits per heavy atom. The molecule has 1 unspecified atom stereocenters. The van der Waals surface area contributed by atoms with Crippen molar-refractivity contribution in [3.63, 3.8) is 0 Å². The first-order valence-corrected chi connectivity index (χ1v) is 6.55. The lowest BCUT2D eigenvalue weighted by Gasteiger charge is -2.24. The standard InChI is InChI=1S/C14H18N2O2/c17-14(16-10-5-7-18-8-6-10)12-9-15-13-4-2-1-3-11(12)13/h1-4,10,12,15H,5-9H2,(H,16,17).